The van der Waals surface area contributed by atoms with Gasteiger partial charge in [0.25, 0.3) is 0 Å². The Hall–Kier alpha value is -3.25. The maximum atomic E-state index is 12.4. The molecule has 29 heavy (non-hydrogen) atoms. The highest BCUT2D eigenvalue weighted by molar-refractivity contribution is 5.89. The highest BCUT2D eigenvalue weighted by Crippen LogP contribution is 2.18. The molecule has 1 aliphatic rings. The summed E-state index contributed by atoms with van der Waals surface area (Å²) >= 11 is 0. The van der Waals surface area contributed by atoms with E-state index >= 15 is 0 Å². The van der Waals surface area contributed by atoms with Crippen LogP contribution < -0.4 is 10.6 Å². The second-order valence-electron chi connectivity index (χ2n) is 7.40. The summed E-state index contributed by atoms with van der Waals surface area (Å²) in [7, 11) is 0. The maximum Gasteiger partial charge on any atom is 0.319 e. The first-order chi connectivity index (χ1) is 14.2. The summed E-state index contributed by atoms with van der Waals surface area (Å²) in [6.45, 7) is 4.72. The molecule has 0 spiro atoms. The van der Waals surface area contributed by atoms with Gasteiger partial charge in [-0.2, -0.15) is 0 Å². The molecule has 0 saturated carbocycles. The first-order valence-electron chi connectivity index (χ1n) is 9.89. The van der Waals surface area contributed by atoms with Crippen LogP contribution in [-0.2, 0) is 6.54 Å². The molecular weight excluding hydrogens is 362 g/mol. The van der Waals surface area contributed by atoms with Gasteiger partial charge >= 0.3 is 6.03 Å². The molecule has 1 saturated heterocycles. The summed E-state index contributed by atoms with van der Waals surface area (Å²) < 4.78 is 0. The van der Waals surface area contributed by atoms with Crippen LogP contribution in [0.25, 0.3) is 11.4 Å². The predicted molar refractivity (Wildman–Crippen MR) is 114 cm³/mol. The van der Waals surface area contributed by atoms with Crippen LogP contribution in [0.1, 0.15) is 17.7 Å². The van der Waals surface area contributed by atoms with Crippen molar-refractivity contribution in [2.75, 3.05) is 18.4 Å². The molecule has 0 radical (unpaired) electrons. The Morgan fingerprint density at radius 3 is 2.66 bits per heavy atom. The minimum Gasteiger partial charge on any atom is -0.334 e. The van der Waals surface area contributed by atoms with Gasteiger partial charge in [-0.15, -0.1) is 0 Å². The molecule has 1 aromatic heterocycles. The Morgan fingerprint density at radius 2 is 1.90 bits per heavy atom. The Balaban J connectivity index is 1.27. The topological polar surface area (TPSA) is 70.2 Å². The van der Waals surface area contributed by atoms with Gasteiger partial charge in [0, 0.05) is 48.8 Å². The van der Waals surface area contributed by atoms with Crippen LogP contribution in [0.15, 0.2) is 66.9 Å². The summed E-state index contributed by atoms with van der Waals surface area (Å²) in [6.07, 6.45) is 2.71. The summed E-state index contributed by atoms with van der Waals surface area (Å²) in [6, 6.07) is 19.9. The highest BCUT2D eigenvalue weighted by Gasteiger charge is 2.23. The second kappa shape index (κ2) is 8.84. The van der Waals surface area contributed by atoms with Gasteiger partial charge in [-0.25, -0.2) is 14.8 Å². The van der Waals surface area contributed by atoms with Crippen LogP contribution in [0.2, 0.25) is 0 Å². The molecule has 1 aliphatic heterocycles. The van der Waals surface area contributed by atoms with Gasteiger partial charge in [-0.1, -0.05) is 30.3 Å². The number of rotatable bonds is 5. The number of carbonyl (C=O) groups excluding carboxylic acids is 1. The first kappa shape index (κ1) is 19.1. The second-order valence-corrected chi connectivity index (χ2v) is 7.40. The summed E-state index contributed by atoms with van der Waals surface area (Å²) in [5, 5.41) is 5.99. The fourth-order valence-electron chi connectivity index (χ4n) is 3.58. The van der Waals surface area contributed by atoms with Crippen LogP contribution >= 0.6 is 0 Å². The molecule has 148 valence electrons. The molecule has 1 unspecified atom stereocenters. The minimum absolute atomic E-state index is 0.165. The standard InChI is InChI=1S/C23H25N5O/c1-17-11-13-24-22(25-17)19-7-9-20(10-8-19)26-23(29)27-21-12-14-28(16-21)15-18-5-3-2-4-6-18/h2-11,13,21H,12,14-16H2,1H3,(H2,26,27,29). The number of nitrogens with one attached hydrogen (secondary N) is 2. The number of carbonyl (C=O) groups is 1. The van der Waals surface area contributed by atoms with E-state index in [1.54, 1.807) is 6.20 Å². The lowest BCUT2D eigenvalue weighted by atomic mass is 10.2. The van der Waals surface area contributed by atoms with Crippen molar-refractivity contribution in [3.63, 3.8) is 0 Å². The number of hydrogen-bond acceptors (Lipinski definition) is 4. The van der Waals surface area contributed by atoms with E-state index in [1.807, 2.05) is 43.3 Å². The molecule has 2 N–H and O–H groups in total. The third-order valence-electron chi connectivity index (χ3n) is 5.05. The van der Waals surface area contributed by atoms with Crippen LogP contribution in [-0.4, -0.2) is 40.0 Å². The Kier molecular flexibility index (Phi) is 5.81. The molecule has 2 heterocycles. The quantitative estimate of drug-likeness (QED) is 0.698. The van der Waals surface area contributed by atoms with Crippen LogP contribution in [0.4, 0.5) is 10.5 Å². The van der Waals surface area contributed by atoms with E-state index in [1.165, 1.54) is 5.56 Å². The largest absolute Gasteiger partial charge is 0.334 e. The molecule has 0 aliphatic carbocycles. The third kappa shape index (κ3) is 5.18. The van der Waals surface area contributed by atoms with Gasteiger partial charge in [0.15, 0.2) is 5.82 Å². The van der Waals surface area contributed by atoms with Gasteiger partial charge in [0.2, 0.25) is 0 Å². The zero-order chi connectivity index (χ0) is 20.1. The van der Waals surface area contributed by atoms with Crippen LogP contribution in [0.3, 0.4) is 0 Å². The molecule has 0 bridgehead atoms. The Morgan fingerprint density at radius 1 is 1.10 bits per heavy atom. The minimum atomic E-state index is -0.170. The van der Waals surface area contributed by atoms with Crippen LogP contribution in [0, 0.1) is 6.92 Å². The number of benzene rings is 2. The van der Waals surface area contributed by atoms with Gasteiger partial charge < -0.3 is 10.6 Å². The summed E-state index contributed by atoms with van der Waals surface area (Å²) in [4.78, 5) is 23.5. The van der Waals surface area contributed by atoms with Crippen molar-refractivity contribution in [2.45, 2.75) is 25.9 Å². The van der Waals surface area contributed by atoms with E-state index in [0.717, 1.165) is 43.0 Å². The number of anilines is 1. The highest BCUT2D eigenvalue weighted by atomic mass is 16.2. The maximum absolute atomic E-state index is 12.4. The lowest BCUT2D eigenvalue weighted by Gasteiger charge is -2.17. The zero-order valence-corrected chi connectivity index (χ0v) is 16.5. The molecule has 1 fully saturated rings. The number of likely N-dealkylation sites (tertiary alicyclic amines) is 1. The van der Waals surface area contributed by atoms with Crippen molar-refractivity contribution in [1.82, 2.24) is 20.2 Å². The van der Waals surface area contributed by atoms with Gasteiger partial charge in [-0.05, 0) is 49.2 Å². The van der Waals surface area contributed by atoms with Gasteiger partial charge in [0.1, 0.15) is 0 Å². The van der Waals surface area contributed by atoms with E-state index in [9.17, 15) is 4.79 Å². The van der Waals surface area contributed by atoms with Gasteiger partial charge in [-0.3, -0.25) is 4.90 Å². The number of aromatic nitrogens is 2. The number of aryl methyl sites for hydroxylation is 1. The molecular formula is C23H25N5O. The summed E-state index contributed by atoms with van der Waals surface area (Å²) in [5.41, 5.74) is 3.90. The lowest BCUT2D eigenvalue weighted by molar-refractivity contribution is 0.247. The average molecular weight is 387 g/mol. The Bertz CT molecular complexity index is 959. The fourth-order valence-corrected chi connectivity index (χ4v) is 3.58. The smallest absolute Gasteiger partial charge is 0.319 e. The molecule has 6 nitrogen and oxygen atoms in total. The van der Waals surface area contributed by atoms with Crippen molar-refractivity contribution in [3.05, 3.63) is 78.1 Å². The predicted octanol–water partition coefficient (Wildman–Crippen LogP) is 3.85. The van der Waals surface area contributed by atoms with E-state index in [0.29, 0.717) is 5.82 Å². The van der Waals surface area contributed by atoms with Gasteiger partial charge in [0.05, 0.1) is 0 Å². The van der Waals surface area contributed by atoms with Crippen molar-refractivity contribution in [2.24, 2.45) is 0 Å². The normalized spacial score (nSPS) is 16.5. The average Bonchev–Trinajstić information content (AvgIpc) is 3.16. The fraction of sp³-hybridized carbons (Fsp3) is 0.261. The van der Waals surface area contributed by atoms with Crippen molar-refractivity contribution in [3.8, 4) is 11.4 Å². The molecule has 3 aromatic rings. The first-order valence-corrected chi connectivity index (χ1v) is 9.89. The number of amides is 2. The van der Waals surface area contributed by atoms with Crippen molar-refractivity contribution in [1.29, 1.82) is 0 Å². The van der Waals surface area contributed by atoms with Crippen molar-refractivity contribution < 1.29 is 4.79 Å². The molecule has 2 aromatic carbocycles. The number of nitrogens with zero attached hydrogens (tertiary/aromatic N) is 3. The molecule has 2 amide bonds. The van der Waals surface area contributed by atoms with E-state index in [-0.39, 0.29) is 12.1 Å². The monoisotopic (exact) mass is 387 g/mol. The molecule has 1 atom stereocenters. The zero-order valence-electron chi connectivity index (χ0n) is 16.5. The molecule has 4 rings (SSSR count). The number of hydrogen-bond donors (Lipinski definition) is 2. The van der Waals surface area contributed by atoms with E-state index < -0.39 is 0 Å². The number of urea groups is 1. The van der Waals surface area contributed by atoms with E-state index in [2.05, 4.69) is 49.8 Å². The van der Waals surface area contributed by atoms with Crippen molar-refractivity contribution >= 4 is 11.7 Å². The third-order valence-corrected chi connectivity index (χ3v) is 5.05. The lowest BCUT2D eigenvalue weighted by Crippen LogP contribution is -2.39. The Labute approximate surface area is 171 Å². The summed E-state index contributed by atoms with van der Waals surface area (Å²) in [5.74, 6) is 0.686. The molecule has 6 heteroatoms. The van der Waals surface area contributed by atoms with E-state index in [4.69, 9.17) is 0 Å². The van der Waals surface area contributed by atoms with Crippen LogP contribution in [0.5, 0.6) is 0 Å². The SMILES string of the molecule is Cc1ccnc(-c2ccc(NC(=O)NC3CCN(Cc4ccccc4)C3)cc2)n1.